The van der Waals surface area contributed by atoms with Gasteiger partial charge in [0.15, 0.2) is 0 Å². The minimum absolute atomic E-state index is 0.0328. The molecule has 2 aromatic carbocycles. The summed E-state index contributed by atoms with van der Waals surface area (Å²) in [6, 6.07) is 13.3. The Hall–Kier alpha value is -2.71. The van der Waals surface area contributed by atoms with Gasteiger partial charge in [0, 0.05) is 34.0 Å². The van der Waals surface area contributed by atoms with Gasteiger partial charge in [-0.1, -0.05) is 52.0 Å². The van der Waals surface area contributed by atoms with Crippen LogP contribution in [0.5, 0.6) is 0 Å². The number of carbonyl (C=O) groups excluding carboxylic acids is 1. The lowest BCUT2D eigenvalue weighted by molar-refractivity contribution is -0.122. The molecule has 0 saturated carbocycles. The lowest BCUT2D eigenvalue weighted by atomic mass is 9.93. The fourth-order valence-corrected chi connectivity index (χ4v) is 4.94. The average Bonchev–Trinajstić information content (AvgIpc) is 3.10. The van der Waals surface area contributed by atoms with E-state index in [2.05, 4.69) is 62.3 Å². The summed E-state index contributed by atoms with van der Waals surface area (Å²) in [4.78, 5) is 17.7. The number of benzene rings is 2. The summed E-state index contributed by atoms with van der Waals surface area (Å²) in [7, 11) is 1.36. The van der Waals surface area contributed by atoms with Crippen LogP contribution in [0.15, 0.2) is 47.4 Å². The molecule has 0 aliphatic rings. The number of hydrogen-bond acceptors (Lipinski definition) is 4. The summed E-state index contributed by atoms with van der Waals surface area (Å²) in [5.74, 6) is 1.43. The van der Waals surface area contributed by atoms with Crippen LogP contribution in [-0.4, -0.2) is 42.3 Å². The molecule has 0 fully saturated rings. The first kappa shape index (κ1) is 25.9. The topological polar surface area (TPSA) is 84.3 Å². The van der Waals surface area contributed by atoms with Crippen molar-refractivity contribution in [2.24, 2.45) is 13.0 Å². The maximum absolute atomic E-state index is 12.8. The fraction of sp³-hybridized carbons (Fsp3) is 0.462. The zero-order chi connectivity index (χ0) is 25.2. The van der Waals surface area contributed by atoms with Crippen molar-refractivity contribution in [1.82, 2.24) is 19.2 Å². The minimum atomic E-state index is -3.53. The summed E-state index contributed by atoms with van der Waals surface area (Å²) in [5.41, 5.74) is 3.82. The van der Waals surface area contributed by atoms with Crippen LogP contribution in [-0.2, 0) is 28.3 Å². The molecule has 1 heterocycles. The van der Waals surface area contributed by atoms with E-state index in [9.17, 15) is 13.2 Å². The second-order valence-corrected chi connectivity index (χ2v) is 11.8. The van der Waals surface area contributed by atoms with E-state index in [4.69, 9.17) is 0 Å². The van der Waals surface area contributed by atoms with E-state index in [1.165, 1.54) is 24.0 Å². The molecule has 3 rings (SSSR count). The van der Waals surface area contributed by atoms with Crippen molar-refractivity contribution in [2.45, 2.75) is 57.4 Å². The van der Waals surface area contributed by atoms with Crippen molar-refractivity contribution in [1.29, 1.82) is 0 Å². The van der Waals surface area contributed by atoms with E-state index in [1.807, 2.05) is 11.6 Å². The Balaban J connectivity index is 1.73. The Bertz CT molecular complexity index is 1260. The monoisotopic (exact) mass is 484 g/mol. The summed E-state index contributed by atoms with van der Waals surface area (Å²) in [6.45, 7) is 8.54. The molecule has 1 amide bonds. The molecule has 0 bridgehead atoms. The number of nitrogens with one attached hydrogen (secondary N) is 1. The van der Waals surface area contributed by atoms with Crippen molar-refractivity contribution in [3.63, 3.8) is 0 Å². The molecule has 0 spiro atoms. The van der Waals surface area contributed by atoms with Crippen molar-refractivity contribution < 1.29 is 13.2 Å². The number of sulfonamides is 1. The van der Waals surface area contributed by atoms with Gasteiger partial charge in [-0.15, -0.1) is 0 Å². The van der Waals surface area contributed by atoms with Crippen LogP contribution < -0.4 is 5.32 Å². The van der Waals surface area contributed by atoms with E-state index < -0.39 is 10.0 Å². The molecule has 0 radical (unpaired) electrons. The number of aryl methyl sites for hydroxylation is 2. The molecule has 34 heavy (non-hydrogen) atoms. The van der Waals surface area contributed by atoms with Gasteiger partial charge in [0.1, 0.15) is 5.82 Å². The fourth-order valence-electron chi connectivity index (χ4n) is 4.02. The molecule has 0 aliphatic carbocycles. The Morgan fingerprint density at radius 1 is 1.03 bits per heavy atom. The molecule has 0 saturated heterocycles. The third-order valence-electron chi connectivity index (χ3n) is 6.24. The highest BCUT2D eigenvalue weighted by Crippen LogP contribution is 2.25. The lowest BCUT2D eigenvalue weighted by Gasteiger charge is -2.23. The summed E-state index contributed by atoms with van der Waals surface area (Å²) in [5, 5.41) is 3.19. The number of aromatic nitrogens is 2. The van der Waals surface area contributed by atoms with E-state index >= 15 is 0 Å². The number of nitrogens with zero attached hydrogens (tertiary/aromatic N) is 3. The molecule has 7 nitrogen and oxygen atoms in total. The molecule has 184 valence electrons. The van der Waals surface area contributed by atoms with Crippen LogP contribution in [0.4, 0.5) is 0 Å². The summed E-state index contributed by atoms with van der Waals surface area (Å²) < 4.78 is 28.0. The predicted molar refractivity (Wildman–Crippen MR) is 136 cm³/mol. The number of fused-ring (bicyclic) bond motifs is 1. The van der Waals surface area contributed by atoms with Gasteiger partial charge in [-0.05, 0) is 41.2 Å². The first-order valence-electron chi connectivity index (χ1n) is 11.7. The van der Waals surface area contributed by atoms with E-state index in [0.29, 0.717) is 24.3 Å². The zero-order valence-electron chi connectivity index (χ0n) is 21.2. The quantitative estimate of drug-likeness (QED) is 0.488. The number of imidazole rings is 1. The molecule has 1 unspecified atom stereocenters. The normalized spacial score (nSPS) is 13.2. The molecular formula is C26H36N4O3S. The molecular weight excluding hydrogens is 448 g/mol. The van der Waals surface area contributed by atoms with Crippen LogP contribution in [0.2, 0.25) is 0 Å². The van der Waals surface area contributed by atoms with Gasteiger partial charge in [0.05, 0.1) is 22.0 Å². The third-order valence-corrected chi connectivity index (χ3v) is 8.06. The zero-order valence-corrected chi connectivity index (χ0v) is 22.0. The number of carbonyl (C=O) groups is 1. The van der Waals surface area contributed by atoms with Crippen molar-refractivity contribution in [2.75, 3.05) is 14.1 Å². The smallest absolute Gasteiger partial charge is 0.242 e. The molecule has 1 N–H and O–H groups in total. The maximum atomic E-state index is 12.8. The largest absolute Gasteiger partial charge is 0.349 e. The van der Waals surface area contributed by atoms with Gasteiger partial charge in [-0.3, -0.25) is 4.79 Å². The molecule has 1 aromatic heterocycles. The second kappa shape index (κ2) is 10.3. The van der Waals surface area contributed by atoms with Crippen LogP contribution >= 0.6 is 0 Å². The minimum Gasteiger partial charge on any atom is -0.349 e. The molecule has 1 atom stereocenters. The third kappa shape index (κ3) is 5.50. The predicted octanol–water partition coefficient (Wildman–Crippen LogP) is 4.39. The van der Waals surface area contributed by atoms with E-state index in [1.54, 1.807) is 18.2 Å². The van der Waals surface area contributed by atoms with Gasteiger partial charge in [0.2, 0.25) is 15.9 Å². The highest BCUT2D eigenvalue weighted by Gasteiger charge is 2.21. The molecule has 8 heteroatoms. The Kier molecular flexibility index (Phi) is 7.83. The summed E-state index contributed by atoms with van der Waals surface area (Å²) in [6.07, 6.45) is 0.761. The Morgan fingerprint density at radius 3 is 2.21 bits per heavy atom. The Labute approximate surface area is 203 Å². The van der Waals surface area contributed by atoms with Crippen molar-refractivity contribution in [3.05, 3.63) is 59.4 Å². The second-order valence-electron chi connectivity index (χ2n) is 9.64. The summed E-state index contributed by atoms with van der Waals surface area (Å²) >= 11 is 0. The SMILES string of the molecule is CC(C)c1ccc(C(NC(=O)CCc2nc3cc(S(=O)(=O)N(C)C)ccc3n2C)C(C)C)cc1. The van der Waals surface area contributed by atoms with Gasteiger partial charge in [-0.25, -0.2) is 17.7 Å². The average molecular weight is 485 g/mol. The van der Waals surface area contributed by atoms with Gasteiger partial charge in [-0.2, -0.15) is 0 Å². The lowest BCUT2D eigenvalue weighted by Crippen LogP contribution is -2.32. The van der Waals surface area contributed by atoms with E-state index in [-0.39, 0.29) is 22.8 Å². The van der Waals surface area contributed by atoms with E-state index in [0.717, 1.165) is 16.9 Å². The number of hydrogen-bond donors (Lipinski definition) is 1. The molecule has 3 aromatic rings. The van der Waals surface area contributed by atoms with Gasteiger partial charge >= 0.3 is 0 Å². The highest BCUT2D eigenvalue weighted by molar-refractivity contribution is 7.89. The van der Waals surface area contributed by atoms with Crippen molar-refractivity contribution >= 4 is 27.0 Å². The van der Waals surface area contributed by atoms with Crippen LogP contribution in [0.3, 0.4) is 0 Å². The highest BCUT2D eigenvalue weighted by atomic mass is 32.2. The van der Waals surface area contributed by atoms with Gasteiger partial charge < -0.3 is 9.88 Å². The van der Waals surface area contributed by atoms with Crippen molar-refractivity contribution in [3.8, 4) is 0 Å². The van der Waals surface area contributed by atoms with Crippen LogP contribution in [0.1, 0.15) is 63.0 Å². The van der Waals surface area contributed by atoms with Crippen LogP contribution in [0, 0.1) is 5.92 Å². The first-order valence-corrected chi connectivity index (χ1v) is 13.1. The maximum Gasteiger partial charge on any atom is 0.242 e. The number of amides is 1. The molecule has 0 aliphatic heterocycles. The Morgan fingerprint density at radius 2 is 1.65 bits per heavy atom. The number of rotatable bonds is 9. The first-order chi connectivity index (χ1) is 15.9. The standard InChI is InChI=1S/C26H36N4O3S/c1-17(2)19-8-10-20(11-9-19)26(18(3)4)28-25(31)15-14-24-27-22-16-21(34(32,33)29(5)6)12-13-23(22)30(24)7/h8-13,16-18,26H,14-15H2,1-7H3,(H,28,31). The van der Waals surface area contributed by atoms with Crippen LogP contribution in [0.25, 0.3) is 11.0 Å². The van der Waals surface area contributed by atoms with Gasteiger partial charge in [0.25, 0.3) is 0 Å².